The summed E-state index contributed by atoms with van der Waals surface area (Å²) in [4.78, 5) is 21.4. The normalized spacial score (nSPS) is 10.1. The predicted octanol–water partition coefficient (Wildman–Crippen LogP) is 2.00. The molecule has 0 heterocycles. The first-order valence-corrected chi connectivity index (χ1v) is 6.17. The van der Waals surface area contributed by atoms with Crippen LogP contribution in [0, 0.1) is 0 Å². The molecule has 0 radical (unpaired) electrons. The number of carbonyl (C=O) groups is 2. The first kappa shape index (κ1) is 15.2. The van der Waals surface area contributed by atoms with Crippen LogP contribution in [0.1, 0.15) is 24.8 Å². The van der Waals surface area contributed by atoms with Crippen molar-refractivity contribution < 1.29 is 24.2 Å². The van der Waals surface area contributed by atoms with E-state index in [1.54, 1.807) is 0 Å². The van der Waals surface area contributed by atoms with E-state index < -0.39 is 5.97 Å². The molecule has 5 nitrogen and oxygen atoms in total. The van der Waals surface area contributed by atoms with Crippen LogP contribution in [0.4, 0.5) is 0 Å². The Labute approximate surface area is 112 Å². The summed E-state index contributed by atoms with van der Waals surface area (Å²) in [6.07, 6.45) is 0.420. The van der Waals surface area contributed by atoms with Crippen LogP contribution >= 0.6 is 0 Å². The molecule has 104 valence electrons. The Kier molecular flexibility index (Phi) is 7.27. The van der Waals surface area contributed by atoms with Gasteiger partial charge in [0.2, 0.25) is 0 Å². The molecule has 0 saturated carbocycles. The Morgan fingerprint density at radius 2 is 1.79 bits per heavy atom. The maximum absolute atomic E-state index is 11.2. The summed E-state index contributed by atoms with van der Waals surface area (Å²) in [6, 6.07) is 9.71. The molecule has 1 aromatic carbocycles. The van der Waals surface area contributed by atoms with Crippen LogP contribution in [0.3, 0.4) is 0 Å². The molecule has 1 aromatic rings. The number of benzene rings is 1. The number of carboxylic acid groups (broad SMARTS) is 1. The number of carboxylic acids is 1. The van der Waals surface area contributed by atoms with Crippen molar-refractivity contribution in [3.63, 3.8) is 0 Å². The molecule has 1 N–H and O–H groups in total. The summed E-state index contributed by atoms with van der Waals surface area (Å²) < 4.78 is 10.2. The van der Waals surface area contributed by atoms with Gasteiger partial charge in [0, 0.05) is 12.8 Å². The fourth-order valence-corrected chi connectivity index (χ4v) is 1.43. The number of rotatable bonds is 9. The lowest BCUT2D eigenvalue weighted by molar-refractivity contribution is -0.145. The van der Waals surface area contributed by atoms with Crippen LogP contribution in [0.25, 0.3) is 0 Å². The van der Waals surface area contributed by atoms with Gasteiger partial charge in [-0.15, -0.1) is 0 Å². The van der Waals surface area contributed by atoms with E-state index in [0.29, 0.717) is 19.6 Å². The second-order valence-corrected chi connectivity index (χ2v) is 4.01. The summed E-state index contributed by atoms with van der Waals surface area (Å²) >= 11 is 0. The van der Waals surface area contributed by atoms with E-state index >= 15 is 0 Å². The largest absolute Gasteiger partial charge is 0.481 e. The predicted molar refractivity (Wildman–Crippen MR) is 68.5 cm³/mol. The van der Waals surface area contributed by atoms with E-state index in [4.69, 9.17) is 14.6 Å². The van der Waals surface area contributed by atoms with Gasteiger partial charge < -0.3 is 14.6 Å². The first-order chi connectivity index (χ1) is 9.18. The molecule has 0 aliphatic heterocycles. The zero-order valence-electron chi connectivity index (χ0n) is 10.7. The lowest BCUT2D eigenvalue weighted by atomic mass is 10.2. The van der Waals surface area contributed by atoms with Gasteiger partial charge in [-0.3, -0.25) is 9.59 Å². The van der Waals surface area contributed by atoms with Crippen molar-refractivity contribution in [2.24, 2.45) is 0 Å². The smallest absolute Gasteiger partial charge is 0.305 e. The van der Waals surface area contributed by atoms with Crippen LogP contribution in [0.5, 0.6) is 0 Å². The minimum Gasteiger partial charge on any atom is -0.481 e. The Balaban J connectivity index is 1.98. The Hall–Kier alpha value is -1.88. The highest BCUT2D eigenvalue weighted by atomic mass is 16.6. The number of hydrogen-bond acceptors (Lipinski definition) is 4. The lowest BCUT2D eigenvalue weighted by Crippen LogP contribution is -2.11. The molecule has 0 aliphatic rings. The number of hydrogen-bond donors (Lipinski definition) is 1. The van der Waals surface area contributed by atoms with Gasteiger partial charge in [-0.25, -0.2) is 0 Å². The molecule has 1 rings (SSSR count). The molecule has 0 fully saturated rings. The van der Waals surface area contributed by atoms with Crippen molar-refractivity contribution in [3.8, 4) is 0 Å². The molecule has 0 aliphatic carbocycles. The first-order valence-electron chi connectivity index (χ1n) is 6.17. The molecule has 0 unspecified atom stereocenters. The second kappa shape index (κ2) is 9.10. The summed E-state index contributed by atoms with van der Waals surface area (Å²) in [5, 5.41) is 8.41. The Bertz CT molecular complexity index is 388. The molecule has 19 heavy (non-hydrogen) atoms. The third-order valence-electron chi connectivity index (χ3n) is 2.37. The van der Waals surface area contributed by atoms with E-state index in [1.807, 2.05) is 30.3 Å². The van der Waals surface area contributed by atoms with E-state index in [0.717, 1.165) is 5.56 Å². The molecule has 0 bridgehead atoms. The van der Waals surface area contributed by atoms with Gasteiger partial charge >= 0.3 is 11.9 Å². The third kappa shape index (κ3) is 7.94. The van der Waals surface area contributed by atoms with Crippen molar-refractivity contribution in [3.05, 3.63) is 35.9 Å². The third-order valence-corrected chi connectivity index (χ3v) is 2.37. The van der Waals surface area contributed by atoms with E-state index in [9.17, 15) is 9.59 Å². The number of carbonyl (C=O) groups excluding carboxylic acids is 1. The van der Waals surface area contributed by atoms with Crippen molar-refractivity contribution in [2.75, 3.05) is 13.2 Å². The SMILES string of the molecule is O=C(O)CCCC(=O)OCCOCc1ccccc1. The van der Waals surface area contributed by atoms with Gasteiger partial charge in [0.1, 0.15) is 6.61 Å². The van der Waals surface area contributed by atoms with Crippen LogP contribution in [-0.2, 0) is 25.7 Å². The molecular formula is C14H18O5. The maximum Gasteiger partial charge on any atom is 0.305 e. The molecule has 0 aromatic heterocycles. The number of aliphatic carboxylic acids is 1. The molecule has 0 saturated heterocycles. The molecule has 0 atom stereocenters. The maximum atomic E-state index is 11.2. The van der Waals surface area contributed by atoms with Crippen LogP contribution < -0.4 is 0 Å². The van der Waals surface area contributed by atoms with Gasteiger partial charge in [-0.1, -0.05) is 30.3 Å². The quantitative estimate of drug-likeness (QED) is 0.546. The summed E-state index contributed by atoms with van der Waals surface area (Å²) in [7, 11) is 0. The van der Waals surface area contributed by atoms with Crippen LogP contribution in [0.2, 0.25) is 0 Å². The molecular weight excluding hydrogens is 248 g/mol. The highest BCUT2D eigenvalue weighted by Crippen LogP contribution is 2.01. The average molecular weight is 266 g/mol. The summed E-state index contributed by atoms with van der Waals surface area (Å²) in [6.45, 7) is 1.01. The van der Waals surface area contributed by atoms with Crippen molar-refractivity contribution >= 4 is 11.9 Å². The summed E-state index contributed by atoms with van der Waals surface area (Å²) in [5.74, 6) is -1.29. The molecule has 5 heteroatoms. The van der Waals surface area contributed by atoms with Crippen molar-refractivity contribution in [2.45, 2.75) is 25.9 Å². The number of esters is 1. The average Bonchev–Trinajstić information content (AvgIpc) is 2.39. The summed E-state index contributed by atoms with van der Waals surface area (Å²) in [5.41, 5.74) is 1.07. The fourth-order valence-electron chi connectivity index (χ4n) is 1.43. The van der Waals surface area contributed by atoms with Crippen molar-refractivity contribution in [1.82, 2.24) is 0 Å². The van der Waals surface area contributed by atoms with E-state index in [1.165, 1.54) is 0 Å². The number of ether oxygens (including phenoxy) is 2. The standard InChI is InChI=1S/C14H18O5/c15-13(16)7-4-8-14(17)19-10-9-18-11-12-5-2-1-3-6-12/h1-3,5-6H,4,7-11H2,(H,15,16). The van der Waals surface area contributed by atoms with Gasteiger partial charge in [-0.05, 0) is 12.0 Å². The van der Waals surface area contributed by atoms with Gasteiger partial charge in [0.25, 0.3) is 0 Å². The van der Waals surface area contributed by atoms with Gasteiger partial charge in [0.05, 0.1) is 13.2 Å². The minimum absolute atomic E-state index is 0.0143. The monoisotopic (exact) mass is 266 g/mol. The molecule has 0 spiro atoms. The fraction of sp³-hybridized carbons (Fsp3) is 0.429. The van der Waals surface area contributed by atoms with Crippen molar-refractivity contribution in [1.29, 1.82) is 0 Å². The Morgan fingerprint density at radius 1 is 1.05 bits per heavy atom. The molecule has 0 amide bonds. The van der Waals surface area contributed by atoms with E-state index in [2.05, 4.69) is 0 Å². The zero-order chi connectivity index (χ0) is 13.9. The lowest BCUT2D eigenvalue weighted by Gasteiger charge is -2.06. The highest BCUT2D eigenvalue weighted by molar-refractivity contribution is 5.71. The topological polar surface area (TPSA) is 72.8 Å². The minimum atomic E-state index is -0.904. The van der Waals surface area contributed by atoms with Gasteiger partial charge in [0.15, 0.2) is 0 Å². The highest BCUT2D eigenvalue weighted by Gasteiger charge is 2.04. The van der Waals surface area contributed by atoms with E-state index in [-0.39, 0.29) is 25.4 Å². The zero-order valence-corrected chi connectivity index (χ0v) is 10.7. The van der Waals surface area contributed by atoms with Crippen LogP contribution in [-0.4, -0.2) is 30.3 Å². The van der Waals surface area contributed by atoms with Crippen LogP contribution in [0.15, 0.2) is 30.3 Å². The second-order valence-electron chi connectivity index (χ2n) is 4.01. The van der Waals surface area contributed by atoms with Gasteiger partial charge in [-0.2, -0.15) is 0 Å². The Morgan fingerprint density at radius 3 is 2.47 bits per heavy atom.